The molecule has 9 heavy (non-hydrogen) atoms. The minimum absolute atomic E-state index is 0.451. The van der Waals surface area contributed by atoms with Gasteiger partial charge in [0.25, 0.3) is 0 Å². The minimum Gasteiger partial charge on any atom is -0.463 e. The van der Waals surface area contributed by atoms with Crippen molar-refractivity contribution in [2.24, 2.45) is 0 Å². The average molecular weight is 129 g/mol. The Kier molecular flexibility index (Phi) is 2.09. The molecule has 0 aromatic heterocycles. The number of likely N-dealkylation sites (tertiary alicyclic amines) is 1. The van der Waals surface area contributed by atoms with Crippen LogP contribution in [0.3, 0.4) is 0 Å². The lowest BCUT2D eigenvalue weighted by Gasteiger charge is -2.18. The van der Waals surface area contributed by atoms with E-state index in [1.54, 1.807) is 7.11 Å². The van der Waals surface area contributed by atoms with Crippen molar-refractivity contribution >= 4 is 0 Å². The number of quaternary nitrogens is 1. The highest BCUT2D eigenvalue weighted by molar-refractivity contribution is 4.66. The van der Waals surface area contributed by atoms with Gasteiger partial charge < -0.3 is 9.64 Å². The van der Waals surface area contributed by atoms with Crippen LogP contribution in [0.5, 0.6) is 0 Å². The predicted molar refractivity (Wildman–Crippen MR) is 36.1 cm³/mol. The zero-order chi connectivity index (χ0) is 6.85. The fraction of sp³-hybridized carbons (Fsp3) is 0.857. The summed E-state index contributed by atoms with van der Waals surface area (Å²) < 4.78 is 5.19. The molecule has 3 atom stereocenters. The standard InChI is InChI=1S/C7H15NO/c1-6-4-7(9-3)5-8(6)2/h6-8H,2,4-5H2,1,3H3/t6-,7+/m0/s1. The molecule has 1 N–H and O–H groups in total. The van der Waals surface area contributed by atoms with Gasteiger partial charge in [-0.3, -0.25) is 0 Å². The summed E-state index contributed by atoms with van der Waals surface area (Å²) in [5.74, 6) is 0. The summed E-state index contributed by atoms with van der Waals surface area (Å²) in [7, 11) is 5.73. The molecule has 1 unspecified atom stereocenters. The number of rotatable bonds is 1. The van der Waals surface area contributed by atoms with Crippen LogP contribution in [-0.4, -0.2) is 25.8 Å². The quantitative estimate of drug-likeness (QED) is 0.470. The van der Waals surface area contributed by atoms with E-state index in [0.717, 1.165) is 13.0 Å². The topological polar surface area (TPSA) is 13.7 Å². The second-order valence-corrected chi connectivity index (χ2v) is 2.86. The van der Waals surface area contributed by atoms with Crippen LogP contribution in [0, 0.1) is 7.05 Å². The van der Waals surface area contributed by atoms with E-state index in [-0.39, 0.29) is 0 Å². The van der Waals surface area contributed by atoms with Crippen molar-refractivity contribution in [3.05, 3.63) is 7.05 Å². The van der Waals surface area contributed by atoms with Crippen molar-refractivity contribution in [2.75, 3.05) is 13.7 Å². The molecule has 0 amide bonds. The smallest absolute Gasteiger partial charge is 0.109 e. The predicted octanol–water partition coefficient (Wildman–Crippen LogP) is -0.530. The van der Waals surface area contributed by atoms with Crippen LogP contribution in [-0.2, 0) is 4.74 Å². The molecule has 0 aromatic carbocycles. The third-order valence-corrected chi connectivity index (χ3v) is 2.14. The van der Waals surface area contributed by atoms with Crippen LogP contribution in [0.15, 0.2) is 0 Å². The normalized spacial score (nSPS) is 43.7. The van der Waals surface area contributed by atoms with Gasteiger partial charge in [-0.15, -0.1) is 0 Å². The summed E-state index contributed by atoms with van der Waals surface area (Å²) in [6.07, 6.45) is 1.61. The molecule has 1 aliphatic heterocycles. The highest BCUT2D eigenvalue weighted by Gasteiger charge is 2.25. The summed E-state index contributed by atoms with van der Waals surface area (Å²) in [5.41, 5.74) is 0. The number of methoxy groups -OCH3 is 1. The molecule has 2 heteroatoms. The molecule has 0 bridgehead atoms. The molecule has 1 rings (SSSR count). The monoisotopic (exact) mass is 129 g/mol. The third-order valence-electron chi connectivity index (χ3n) is 2.14. The molecule has 0 radical (unpaired) electrons. The third kappa shape index (κ3) is 1.43. The zero-order valence-electron chi connectivity index (χ0n) is 6.18. The Bertz CT molecular complexity index is 84.9. The first kappa shape index (κ1) is 7.03. The molecule has 0 aromatic rings. The number of ether oxygens (including phenoxy) is 1. The summed E-state index contributed by atoms with van der Waals surface area (Å²) >= 11 is 0. The molecule has 0 saturated carbocycles. The first-order valence-corrected chi connectivity index (χ1v) is 3.44. The van der Waals surface area contributed by atoms with E-state index in [2.05, 4.69) is 14.0 Å². The van der Waals surface area contributed by atoms with E-state index in [1.807, 2.05) is 0 Å². The summed E-state index contributed by atoms with van der Waals surface area (Å²) in [6, 6.07) is 0.676. The molecule has 1 saturated heterocycles. The molecule has 1 heterocycles. The Labute approximate surface area is 56.8 Å². The lowest BCUT2D eigenvalue weighted by atomic mass is 10.2. The van der Waals surface area contributed by atoms with Gasteiger partial charge in [0.1, 0.15) is 6.10 Å². The Morgan fingerprint density at radius 3 is 2.56 bits per heavy atom. The molecular formula is C7H15NO. The van der Waals surface area contributed by atoms with Crippen molar-refractivity contribution in [1.29, 1.82) is 0 Å². The molecule has 2 nitrogen and oxygen atoms in total. The van der Waals surface area contributed by atoms with Gasteiger partial charge in [0, 0.05) is 13.5 Å². The summed E-state index contributed by atoms with van der Waals surface area (Å²) in [5, 5.41) is 0. The van der Waals surface area contributed by atoms with Gasteiger partial charge in [-0.05, 0) is 6.92 Å². The molecule has 1 aliphatic rings. The Hall–Kier alpha value is -0.0800. The molecular weight excluding hydrogens is 114 g/mol. The van der Waals surface area contributed by atoms with Crippen molar-refractivity contribution in [2.45, 2.75) is 25.5 Å². The van der Waals surface area contributed by atoms with E-state index in [0.29, 0.717) is 12.1 Å². The first-order valence-electron chi connectivity index (χ1n) is 3.44. The minimum atomic E-state index is 0.451. The maximum absolute atomic E-state index is 5.19. The van der Waals surface area contributed by atoms with Crippen molar-refractivity contribution in [3.63, 3.8) is 0 Å². The molecule has 54 valence electrons. The van der Waals surface area contributed by atoms with Gasteiger partial charge in [-0.25, -0.2) is 0 Å². The van der Waals surface area contributed by atoms with Crippen LogP contribution in [0.25, 0.3) is 0 Å². The van der Waals surface area contributed by atoms with E-state index < -0.39 is 0 Å². The summed E-state index contributed by atoms with van der Waals surface area (Å²) in [4.78, 5) is 1.35. The second-order valence-electron chi connectivity index (χ2n) is 2.86. The van der Waals surface area contributed by atoms with Gasteiger partial charge in [-0.1, -0.05) is 0 Å². The van der Waals surface area contributed by atoms with Crippen LogP contribution >= 0.6 is 0 Å². The molecule has 0 spiro atoms. The van der Waals surface area contributed by atoms with Crippen molar-refractivity contribution in [1.82, 2.24) is 0 Å². The van der Waals surface area contributed by atoms with Crippen molar-refractivity contribution in [3.8, 4) is 0 Å². The number of nitrogens with one attached hydrogen (secondary N) is 1. The SMILES string of the molecule is [CH2-][NH+]1C[C@H](OC)C[C@@H]1C. The average Bonchev–Trinajstić information content (AvgIpc) is 2.13. The van der Waals surface area contributed by atoms with Gasteiger partial charge in [0.15, 0.2) is 0 Å². The summed E-state index contributed by atoms with van der Waals surface area (Å²) in [6.45, 7) is 3.28. The Morgan fingerprint density at radius 2 is 2.33 bits per heavy atom. The van der Waals surface area contributed by atoms with Crippen LogP contribution in [0.2, 0.25) is 0 Å². The van der Waals surface area contributed by atoms with E-state index in [9.17, 15) is 0 Å². The number of hydrogen-bond acceptors (Lipinski definition) is 1. The highest BCUT2D eigenvalue weighted by atomic mass is 16.5. The van der Waals surface area contributed by atoms with E-state index >= 15 is 0 Å². The van der Waals surface area contributed by atoms with Gasteiger partial charge in [0.2, 0.25) is 0 Å². The maximum atomic E-state index is 5.19. The molecule has 1 fully saturated rings. The van der Waals surface area contributed by atoms with Crippen LogP contribution < -0.4 is 4.90 Å². The lowest BCUT2D eigenvalue weighted by Crippen LogP contribution is -3.08. The van der Waals surface area contributed by atoms with Crippen molar-refractivity contribution < 1.29 is 9.64 Å². The Morgan fingerprint density at radius 1 is 1.67 bits per heavy atom. The lowest BCUT2D eigenvalue weighted by molar-refractivity contribution is -0.865. The van der Waals surface area contributed by atoms with Gasteiger partial charge in [-0.2, -0.15) is 7.05 Å². The van der Waals surface area contributed by atoms with E-state index in [1.165, 1.54) is 4.90 Å². The molecule has 0 aliphatic carbocycles. The second kappa shape index (κ2) is 2.67. The Balaban J connectivity index is 2.35. The first-order chi connectivity index (χ1) is 4.24. The van der Waals surface area contributed by atoms with Gasteiger partial charge >= 0.3 is 0 Å². The van der Waals surface area contributed by atoms with Crippen LogP contribution in [0.1, 0.15) is 13.3 Å². The van der Waals surface area contributed by atoms with Gasteiger partial charge in [0.05, 0.1) is 12.6 Å². The maximum Gasteiger partial charge on any atom is 0.109 e. The highest BCUT2D eigenvalue weighted by Crippen LogP contribution is 2.02. The zero-order valence-corrected chi connectivity index (χ0v) is 6.18. The fourth-order valence-electron chi connectivity index (χ4n) is 1.32. The number of hydrogen-bond donors (Lipinski definition) is 1. The largest absolute Gasteiger partial charge is 0.463 e. The van der Waals surface area contributed by atoms with E-state index in [4.69, 9.17) is 4.74 Å². The fourth-order valence-corrected chi connectivity index (χ4v) is 1.32. The van der Waals surface area contributed by atoms with Crippen LogP contribution in [0.4, 0.5) is 0 Å².